The first-order chi connectivity index (χ1) is 16.2. The summed E-state index contributed by atoms with van der Waals surface area (Å²) in [6.45, 7) is 18.8. The number of carbonyl (C=O) groups excluding carboxylic acids is 2. The molecule has 1 fully saturated rings. The highest BCUT2D eigenvalue weighted by molar-refractivity contribution is 6.96. The number of allylic oxidation sites excluding steroid dienone is 1. The third-order valence-corrected chi connectivity index (χ3v) is 16.2. The molecule has 7 heteroatoms. The van der Waals surface area contributed by atoms with E-state index in [1.807, 2.05) is 48.6 Å². The van der Waals surface area contributed by atoms with E-state index in [0.717, 1.165) is 12.0 Å². The molecular weight excluding hydrogens is 466 g/mol. The minimum Gasteiger partial charge on any atom is -0.357 e. The summed E-state index contributed by atoms with van der Waals surface area (Å²) in [6.07, 6.45) is 7.80. The highest BCUT2D eigenvalue weighted by atomic mass is 28.4. The lowest BCUT2D eigenvalue weighted by molar-refractivity contribution is -0.166. The van der Waals surface area contributed by atoms with Crippen molar-refractivity contribution in [3.8, 4) is 0 Å². The first-order valence-corrected chi connectivity index (χ1v) is 20.1. The minimum atomic E-state index is -1.70. The zero-order valence-corrected chi connectivity index (χ0v) is 25.2. The standard InChI is InChI=1S/C28H45N3O2Si2/c1-21(2)18-24-28(19-22-14-11-10-12-15-22,29-25(32)23-16-13-17-30(3)20-23)26(33)31(24)27(34(4,5)6)35(7,8)9/h10-15,17,20-21,24,27H,16,18-19H2,1-9H3,(H,29,32)/t24-,28-/m1/s1. The molecule has 1 saturated heterocycles. The molecule has 1 aromatic carbocycles. The summed E-state index contributed by atoms with van der Waals surface area (Å²) < 4.78 is 0. The Kier molecular flexibility index (Phi) is 7.92. The van der Waals surface area contributed by atoms with Gasteiger partial charge in [0.25, 0.3) is 5.91 Å². The number of likely N-dealkylation sites (tertiary alicyclic amines) is 1. The Bertz CT molecular complexity index is 978. The monoisotopic (exact) mass is 511 g/mol. The van der Waals surface area contributed by atoms with Crippen LogP contribution in [0.1, 0.15) is 32.3 Å². The summed E-state index contributed by atoms with van der Waals surface area (Å²) in [5, 5.41) is 3.65. The maximum absolute atomic E-state index is 14.4. The number of nitrogens with zero attached hydrogens (tertiary/aromatic N) is 2. The van der Waals surface area contributed by atoms with E-state index in [0.29, 0.717) is 29.6 Å². The van der Waals surface area contributed by atoms with Gasteiger partial charge >= 0.3 is 0 Å². The molecule has 2 aliphatic rings. The van der Waals surface area contributed by atoms with E-state index in [1.54, 1.807) is 0 Å². The van der Waals surface area contributed by atoms with Crippen LogP contribution in [0.2, 0.25) is 39.3 Å². The lowest BCUT2D eigenvalue weighted by atomic mass is 9.71. The molecule has 2 heterocycles. The van der Waals surface area contributed by atoms with E-state index < -0.39 is 21.7 Å². The normalized spacial score (nSPS) is 23.0. The molecule has 192 valence electrons. The predicted octanol–water partition coefficient (Wildman–Crippen LogP) is 5.20. The molecule has 0 bridgehead atoms. The first kappa shape index (κ1) is 27.5. The highest BCUT2D eigenvalue weighted by Gasteiger charge is 2.65. The summed E-state index contributed by atoms with van der Waals surface area (Å²) in [7, 11) is -1.47. The molecule has 0 aromatic heterocycles. The number of rotatable bonds is 9. The molecule has 0 spiro atoms. The van der Waals surface area contributed by atoms with Crippen molar-refractivity contribution in [2.75, 3.05) is 7.05 Å². The second-order valence-corrected chi connectivity index (χ2v) is 24.1. The third-order valence-electron chi connectivity index (χ3n) is 7.13. The van der Waals surface area contributed by atoms with Gasteiger partial charge in [-0.25, -0.2) is 0 Å². The molecule has 3 rings (SSSR count). The number of hydrogen-bond donors (Lipinski definition) is 1. The van der Waals surface area contributed by atoms with Crippen LogP contribution in [0.5, 0.6) is 0 Å². The van der Waals surface area contributed by atoms with E-state index in [9.17, 15) is 9.59 Å². The van der Waals surface area contributed by atoms with Crippen molar-refractivity contribution in [2.45, 2.75) is 89.3 Å². The minimum absolute atomic E-state index is 0.0138. The molecule has 0 saturated carbocycles. The van der Waals surface area contributed by atoms with E-state index >= 15 is 0 Å². The molecule has 1 aromatic rings. The largest absolute Gasteiger partial charge is 0.357 e. The van der Waals surface area contributed by atoms with Crippen LogP contribution < -0.4 is 5.32 Å². The van der Waals surface area contributed by atoms with Gasteiger partial charge in [0.05, 0.1) is 22.2 Å². The molecule has 2 aliphatic heterocycles. The van der Waals surface area contributed by atoms with Gasteiger partial charge in [0.2, 0.25) is 5.91 Å². The van der Waals surface area contributed by atoms with Crippen LogP contribution in [0.3, 0.4) is 0 Å². The van der Waals surface area contributed by atoms with Crippen LogP contribution in [0.25, 0.3) is 0 Å². The SMILES string of the molecule is CC(C)C[C@H]1N(C([Si](C)(C)C)[Si](C)(C)C)C(=O)[C@]1(Cc1ccccc1)NC(=O)C1=CN(C)C=CC1. The van der Waals surface area contributed by atoms with Gasteiger partial charge in [-0.05, 0) is 30.5 Å². The zero-order chi connectivity index (χ0) is 26.2. The average Bonchev–Trinajstić information content (AvgIpc) is 2.74. The van der Waals surface area contributed by atoms with Crippen molar-refractivity contribution in [3.63, 3.8) is 0 Å². The van der Waals surface area contributed by atoms with Crippen molar-refractivity contribution in [1.82, 2.24) is 15.1 Å². The van der Waals surface area contributed by atoms with E-state index in [-0.39, 0.29) is 17.9 Å². The second kappa shape index (κ2) is 10.1. The zero-order valence-electron chi connectivity index (χ0n) is 23.2. The molecule has 35 heavy (non-hydrogen) atoms. The molecule has 0 radical (unpaired) electrons. The molecule has 0 aliphatic carbocycles. The molecule has 5 nitrogen and oxygen atoms in total. The second-order valence-electron chi connectivity index (χ2n) is 13.0. The average molecular weight is 512 g/mol. The maximum Gasteiger partial charge on any atom is 0.250 e. The number of β-lactam (4-membered cyclic amide) rings is 1. The third kappa shape index (κ3) is 5.83. The van der Waals surface area contributed by atoms with Crippen molar-refractivity contribution >= 4 is 28.0 Å². The van der Waals surface area contributed by atoms with Crippen LogP contribution in [-0.2, 0) is 16.0 Å². The van der Waals surface area contributed by atoms with Gasteiger partial charge in [-0.2, -0.15) is 0 Å². The fourth-order valence-electron chi connectivity index (χ4n) is 6.29. The summed E-state index contributed by atoms with van der Waals surface area (Å²) >= 11 is 0. The Morgan fingerprint density at radius 2 is 1.69 bits per heavy atom. The molecular formula is C28H45N3O2Si2. The predicted molar refractivity (Wildman–Crippen MR) is 151 cm³/mol. The van der Waals surface area contributed by atoms with Gasteiger partial charge in [-0.15, -0.1) is 0 Å². The summed E-state index contributed by atoms with van der Waals surface area (Å²) in [6, 6.07) is 10.2. The molecule has 1 N–H and O–H groups in total. The van der Waals surface area contributed by atoms with Crippen LogP contribution in [0, 0.1) is 5.92 Å². The Hall–Kier alpha value is -2.13. The van der Waals surface area contributed by atoms with Crippen molar-refractivity contribution < 1.29 is 9.59 Å². The van der Waals surface area contributed by atoms with Crippen LogP contribution >= 0.6 is 0 Å². The lowest BCUT2D eigenvalue weighted by Crippen LogP contribution is -2.86. The fraction of sp³-hybridized carbons (Fsp3) is 0.571. The summed E-state index contributed by atoms with van der Waals surface area (Å²) in [4.78, 5) is 32.1. The lowest BCUT2D eigenvalue weighted by Gasteiger charge is -2.63. The van der Waals surface area contributed by atoms with E-state index in [2.05, 4.69) is 75.5 Å². The number of benzene rings is 1. The number of nitrogens with one attached hydrogen (secondary N) is 1. The topological polar surface area (TPSA) is 52.7 Å². The van der Waals surface area contributed by atoms with Crippen LogP contribution in [0.4, 0.5) is 0 Å². The molecule has 2 atom stereocenters. The Labute approximate surface area is 214 Å². The summed E-state index contributed by atoms with van der Waals surface area (Å²) in [5.74, 6) is 0.390. The number of hydrogen-bond acceptors (Lipinski definition) is 3. The number of amides is 2. The van der Waals surface area contributed by atoms with Gasteiger partial charge in [0, 0.05) is 30.5 Å². The fourth-order valence-corrected chi connectivity index (χ4v) is 18.9. The summed E-state index contributed by atoms with van der Waals surface area (Å²) in [5.41, 5.74) is 0.867. The van der Waals surface area contributed by atoms with Gasteiger partial charge in [0.15, 0.2) is 0 Å². The first-order valence-electron chi connectivity index (χ1n) is 13.0. The molecule has 0 unspecified atom stereocenters. The Morgan fingerprint density at radius 1 is 1.09 bits per heavy atom. The number of carbonyl (C=O) groups is 2. The van der Waals surface area contributed by atoms with Crippen LogP contribution in [-0.4, -0.2) is 61.7 Å². The quantitative estimate of drug-likeness (QED) is 0.366. The van der Waals surface area contributed by atoms with Crippen LogP contribution in [0.15, 0.2) is 54.4 Å². The van der Waals surface area contributed by atoms with Crippen molar-refractivity contribution in [1.29, 1.82) is 0 Å². The smallest absolute Gasteiger partial charge is 0.250 e. The van der Waals surface area contributed by atoms with Gasteiger partial charge in [-0.3, -0.25) is 9.59 Å². The molecule has 2 amide bonds. The van der Waals surface area contributed by atoms with E-state index in [1.165, 1.54) is 0 Å². The Morgan fingerprint density at radius 3 is 2.20 bits per heavy atom. The van der Waals surface area contributed by atoms with Gasteiger partial charge < -0.3 is 15.1 Å². The van der Waals surface area contributed by atoms with E-state index in [4.69, 9.17) is 0 Å². The maximum atomic E-state index is 14.4. The Balaban J connectivity index is 2.08. The highest BCUT2D eigenvalue weighted by Crippen LogP contribution is 2.43. The van der Waals surface area contributed by atoms with Gasteiger partial charge in [0.1, 0.15) is 5.54 Å². The van der Waals surface area contributed by atoms with Crippen molar-refractivity contribution in [2.24, 2.45) is 5.92 Å². The van der Waals surface area contributed by atoms with Gasteiger partial charge in [-0.1, -0.05) is 89.5 Å². The van der Waals surface area contributed by atoms with Crippen molar-refractivity contribution in [3.05, 3.63) is 59.9 Å².